The minimum absolute atomic E-state index is 0.370. The Labute approximate surface area is 88.1 Å². The van der Waals surface area contributed by atoms with E-state index in [-0.39, 0.29) is 5.97 Å². The Kier molecular flexibility index (Phi) is 2.54. The number of hydrogen-bond donors (Lipinski definition) is 0. The van der Waals surface area contributed by atoms with Gasteiger partial charge >= 0.3 is 5.97 Å². The van der Waals surface area contributed by atoms with Crippen LogP contribution in [0.1, 0.15) is 23.8 Å². The molecule has 1 atom stereocenters. The van der Waals surface area contributed by atoms with Gasteiger partial charge in [-0.2, -0.15) is 0 Å². The summed E-state index contributed by atoms with van der Waals surface area (Å²) in [5.74, 6) is 0.0994. The number of methoxy groups -OCH3 is 1. The van der Waals surface area contributed by atoms with Gasteiger partial charge in [0.05, 0.1) is 12.5 Å². The van der Waals surface area contributed by atoms with Gasteiger partial charge in [0.25, 0.3) is 0 Å². The summed E-state index contributed by atoms with van der Waals surface area (Å²) in [4.78, 5) is 15.5. The Balaban J connectivity index is 2.55. The molecule has 0 spiro atoms. The van der Waals surface area contributed by atoms with Crippen molar-refractivity contribution in [3.05, 3.63) is 28.4 Å². The Morgan fingerprint density at radius 2 is 2.33 bits per heavy atom. The van der Waals surface area contributed by atoms with Gasteiger partial charge in [0, 0.05) is 0 Å². The fourth-order valence-electron chi connectivity index (χ4n) is 1.66. The van der Waals surface area contributed by atoms with Crippen LogP contribution >= 0.6 is 0 Å². The molecule has 3 heteroatoms. The zero-order valence-corrected chi connectivity index (χ0v) is 8.86. The standard InChI is InChI=1S/C12H13NO2/c1-8-3-4-9-5-6-10(12(14)15-2)13-11(9)7-8/h4-8H,3H2,1-2H3. The van der Waals surface area contributed by atoms with Crippen LogP contribution in [0.25, 0.3) is 12.2 Å². The second-order valence-electron chi connectivity index (χ2n) is 3.75. The molecule has 15 heavy (non-hydrogen) atoms. The van der Waals surface area contributed by atoms with Crippen molar-refractivity contribution in [3.8, 4) is 0 Å². The summed E-state index contributed by atoms with van der Waals surface area (Å²) in [7, 11) is 1.36. The van der Waals surface area contributed by atoms with E-state index in [1.165, 1.54) is 7.11 Å². The third-order valence-corrected chi connectivity index (χ3v) is 2.50. The first kappa shape index (κ1) is 9.90. The van der Waals surface area contributed by atoms with Crippen LogP contribution in [0.5, 0.6) is 0 Å². The molecule has 0 amide bonds. The minimum Gasteiger partial charge on any atom is -0.464 e. The topological polar surface area (TPSA) is 39.2 Å². The molecule has 0 aliphatic heterocycles. The molecule has 1 aliphatic carbocycles. The largest absolute Gasteiger partial charge is 0.464 e. The summed E-state index contributed by atoms with van der Waals surface area (Å²) in [6.07, 6.45) is 5.27. The highest BCUT2D eigenvalue weighted by Crippen LogP contribution is 2.05. The average Bonchev–Trinajstić information content (AvgIpc) is 2.27. The smallest absolute Gasteiger partial charge is 0.356 e. The fourth-order valence-corrected chi connectivity index (χ4v) is 1.66. The maximum Gasteiger partial charge on any atom is 0.356 e. The van der Waals surface area contributed by atoms with Crippen molar-refractivity contribution in [2.45, 2.75) is 13.3 Å². The molecule has 0 saturated heterocycles. The van der Waals surface area contributed by atoms with Crippen LogP contribution < -0.4 is 10.6 Å². The second kappa shape index (κ2) is 3.85. The first-order chi connectivity index (χ1) is 7.20. The fraction of sp³-hybridized carbons (Fsp3) is 0.333. The van der Waals surface area contributed by atoms with Crippen molar-refractivity contribution in [2.24, 2.45) is 5.92 Å². The van der Waals surface area contributed by atoms with Crippen LogP contribution in [0.3, 0.4) is 0 Å². The van der Waals surface area contributed by atoms with E-state index < -0.39 is 0 Å². The molecule has 1 aliphatic rings. The first-order valence-electron chi connectivity index (χ1n) is 4.98. The van der Waals surface area contributed by atoms with E-state index in [0.29, 0.717) is 11.6 Å². The molecule has 2 rings (SSSR count). The Bertz CT molecular complexity index is 505. The molecule has 0 fully saturated rings. The zero-order valence-electron chi connectivity index (χ0n) is 8.86. The van der Waals surface area contributed by atoms with Gasteiger partial charge in [-0.15, -0.1) is 0 Å². The summed E-state index contributed by atoms with van der Waals surface area (Å²) < 4.78 is 4.63. The number of rotatable bonds is 1. The van der Waals surface area contributed by atoms with Crippen LogP contribution in [0, 0.1) is 5.92 Å². The number of ether oxygens (including phenoxy) is 1. The molecule has 1 aromatic heterocycles. The van der Waals surface area contributed by atoms with E-state index in [0.717, 1.165) is 17.0 Å². The number of hydrogen-bond acceptors (Lipinski definition) is 3. The molecule has 1 aromatic rings. The monoisotopic (exact) mass is 203 g/mol. The number of carbonyl (C=O) groups is 1. The van der Waals surface area contributed by atoms with Gasteiger partial charge in [-0.05, 0) is 23.6 Å². The molecule has 0 aromatic carbocycles. The van der Waals surface area contributed by atoms with Gasteiger partial charge in [0.1, 0.15) is 5.69 Å². The number of carbonyl (C=O) groups excluding carboxylic acids is 1. The predicted octanol–water partition coefficient (Wildman–Crippen LogP) is 0.469. The van der Waals surface area contributed by atoms with E-state index in [2.05, 4.69) is 28.8 Å². The number of pyridine rings is 1. The van der Waals surface area contributed by atoms with Crippen molar-refractivity contribution < 1.29 is 9.53 Å². The van der Waals surface area contributed by atoms with E-state index >= 15 is 0 Å². The number of nitrogens with zero attached hydrogens (tertiary/aromatic N) is 1. The summed E-state index contributed by atoms with van der Waals surface area (Å²) >= 11 is 0. The predicted molar refractivity (Wildman–Crippen MR) is 57.5 cm³/mol. The molecule has 0 saturated carbocycles. The third kappa shape index (κ3) is 1.91. The van der Waals surface area contributed by atoms with E-state index in [1.54, 1.807) is 6.07 Å². The zero-order chi connectivity index (χ0) is 10.8. The van der Waals surface area contributed by atoms with Crippen LogP contribution in [-0.2, 0) is 4.74 Å². The highest BCUT2D eigenvalue weighted by molar-refractivity contribution is 5.87. The molecule has 1 heterocycles. The number of fused-ring (bicyclic) bond motifs is 1. The Morgan fingerprint density at radius 1 is 1.53 bits per heavy atom. The highest BCUT2D eigenvalue weighted by atomic mass is 16.5. The van der Waals surface area contributed by atoms with E-state index in [9.17, 15) is 4.79 Å². The van der Waals surface area contributed by atoms with E-state index in [4.69, 9.17) is 0 Å². The van der Waals surface area contributed by atoms with Gasteiger partial charge in [-0.1, -0.05) is 25.1 Å². The maximum absolute atomic E-state index is 11.3. The minimum atomic E-state index is -0.385. The molecular formula is C12H13NO2. The lowest BCUT2D eigenvalue weighted by Crippen LogP contribution is -2.33. The quantitative estimate of drug-likeness (QED) is 0.623. The van der Waals surface area contributed by atoms with Crippen molar-refractivity contribution >= 4 is 18.1 Å². The summed E-state index contributed by atoms with van der Waals surface area (Å²) in [5, 5.41) is 1.98. The Morgan fingerprint density at radius 3 is 3.07 bits per heavy atom. The summed E-state index contributed by atoms with van der Waals surface area (Å²) in [6.45, 7) is 2.13. The first-order valence-corrected chi connectivity index (χ1v) is 4.98. The van der Waals surface area contributed by atoms with Crippen molar-refractivity contribution in [3.63, 3.8) is 0 Å². The molecule has 1 unspecified atom stereocenters. The van der Waals surface area contributed by atoms with Crippen LogP contribution in [0.15, 0.2) is 12.1 Å². The summed E-state index contributed by atoms with van der Waals surface area (Å²) in [6, 6.07) is 3.61. The average molecular weight is 203 g/mol. The second-order valence-corrected chi connectivity index (χ2v) is 3.75. The van der Waals surface area contributed by atoms with E-state index in [1.807, 2.05) is 6.07 Å². The molecule has 78 valence electrons. The molecule has 0 N–H and O–H groups in total. The lowest BCUT2D eigenvalue weighted by molar-refractivity contribution is 0.0593. The van der Waals surface area contributed by atoms with Crippen LogP contribution in [-0.4, -0.2) is 18.1 Å². The third-order valence-electron chi connectivity index (χ3n) is 2.50. The maximum atomic E-state index is 11.3. The SMILES string of the molecule is COC(=O)c1ccc2c(n1)=CC(C)CC=2. The van der Waals surface area contributed by atoms with Gasteiger partial charge < -0.3 is 4.74 Å². The van der Waals surface area contributed by atoms with Gasteiger partial charge in [-0.3, -0.25) is 0 Å². The molecule has 0 bridgehead atoms. The van der Waals surface area contributed by atoms with Crippen molar-refractivity contribution in [1.82, 2.24) is 4.98 Å². The normalized spacial score (nSPS) is 18.4. The lowest BCUT2D eigenvalue weighted by Gasteiger charge is -2.07. The number of esters is 1. The van der Waals surface area contributed by atoms with Gasteiger partial charge in [-0.25, -0.2) is 9.78 Å². The Hall–Kier alpha value is -1.64. The molecular weight excluding hydrogens is 190 g/mol. The van der Waals surface area contributed by atoms with Crippen molar-refractivity contribution in [2.75, 3.05) is 7.11 Å². The number of aromatic nitrogens is 1. The molecule has 0 radical (unpaired) electrons. The lowest BCUT2D eigenvalue weighted by atomic mass is 10.0. The molecule has 3 nitrogen and oxygen atoms in total. The van der Waals surface area contributed by atoms with Gasteiger partial charge in [0.2, 0.25) is 0 Å². The van der Waals surface area contributed by atoms with Crippen LogP contribution in [0.2, 0.25) is 0 Å². The highest BCUT2D eigenvalue weighted by Gasteiger charge is 2.08. The van der Waals surface area contributed by atoms with Gasteiger partial charge in [0.15, 0.2) is 0 Å². The van der Waals surface area contributed by atoms with Crippen molar-refractivity contribution in [1.29, 1.82) is 0 Å². The summed E-state index contributed by atoms with van der Waals surface area (Å²) in [5.41, 5.74) is 0.370. The van der Waals surface area contributed by atoms with Crippen LogP contribution in [0.4, 0.5) is 0 Å².